The van der Waals surface area contributed by atoms with E-state index in [2.05, 4.69) is 13.8 Å². The zero-order valence-corrected chi connectivity index (χ0v) is 9.36. The number of carboxylic acids is 2. The van der Waals surface area contributed by atoms with Crippen molar-refractivity contribution in [2.24, 2.45) is 0 Å². The van der Waals surface area contributed by atoms with E-state index < -0.39 is 11.9 Å². The van der Waals surface area contributed by atoms with Crippen LogP contribution in [0.4, 0.5) is 0 Å². The second-order valence-corrected chi connectivity index (χ2v) is 2.90. The van der Waals surface area contributed by atoms with Crippen LogP contribution < -0.4 is 0 Å². The maximum atomic E-state index is 9.64. The zero-order valence-electron chi connectivity index (χ0n) is 9.36. The summed E-state index contributed by atoms with van der Waals surface area (Å²) in [5, 5.41) is 15.8. The third-order valence-electron chi connectivity index (χ3n) is 1.25. The monoisotopic (exact) mass is 220 g/mol. The molecule has 0 saturated carbocycles. The molecule has 0 aromatic rings. The Morgan fingerprint density at radius 3 is 1.47 bits per heavy atom. The van der Waals surface area contributed by atoms with Crippen LogP contribution in [-0.4, -0.2) is 35.4 Å². The third kappa shape index (κ3) is 24.6. The van der Waals surface area contributed by atoms with Crippen molar-refractivity contribution >= 4 is 11.9 Å². The molecule has 0 unspecified atom stereocenters. The van der Waals surface area contributed by atoms with E-state index in [0.29, 0.717) is 0 Å². The van der Waals surface area contributed by atoms with E-state index in [1.807, 2.05) is 0 Å². The van der Waals surface area contributed by atoms with Gasteiger partial charge in [-0.1, -0.05) is 13.8 Å². The molecule has 0 bridgehead atoms. The zero-order chi connectivity index (χ0) is 12.1. The van der Waals surface area contributed by atoms with Crippen molar-refractivity contribution < 1.29 is 24.5 Å². The van der Waals surface area contributed by atoms with Crippen LogP contribution in [0.3, 0.4) is 0 Å². The maximum absolute atomic E-state index is 9.64. The Morgan fingerprint density at radius 2 is 1.27 bits per heavy atom. The van der Waals surface area contributed by atoms with Crippen LogP contribution in [-0.2, 0) is 14.3 Å². The molecule has 0 radical (unpaired) electrons. The van der Waals surface area contributed by atoms with Gasteiger partial charge < -0.3 is 14.9 Å². The molecule has 5 heteroatoms. The van der Waals surface area contributed by atoms with E-state index in [-0.39, 0.29) is 12.8 Å². The van der Waals surface area contributed by atoms with Crippen LogP contribution in [0.25, 0.3) is 0 Å². The Morgan fingerprint density at radius 1 is 0.933 bits per heavy atom. The average molecular weight is 220 g/mol. The minimum absolute atomic E-state index is 0.296. The van der Waals surface area contributed by atoms with Gasteiger partial charge in [0.05, 0.1) is 12.8 Å². The van der Waals surface area contributed by atoms with Gasteiger partial charge in [0, 0.05) is 13.2 Å². The summed E-state index contributed by atoms with van der Waals surface area (Å²) in [7, 11) is 0. The van der Waals surface area contributed by atoms with Gasteiger partial charge in [0.15, 0.2) is 0 Å². The summed E-state index contributed by atoms with van der Waals surface area (Å²) in [6, 6.07) is 0. The number of rotatable bonds is 7. The highest BCUT2D eigenvalue weighted by atomic mass is 16.5. The first-order valence-electron chi connectivity index (χ1n) is 5.05. The molecule has 15 heavy (non-hydrogen) atoms. The third-order valence-corrected chi connectivity index (χ3v) is 1.25. The summed E-state index contributed by atoms with van der Waals surface area (Å²) < 4.78 is 5.13. The van der Waals surface area contributed by atoms with Gasteiger partial charge in [-0.3, -0.25) is 9.59 Å². The predicted molar refractivity (Wildman–Crippen MR) is 55.9 cm³/mol. The highest BCUT2D eigenvalue weighted by Crippen LogP contribution is 1.86. The Labute approximate surface area is 90.1 Å². The number of aliphatic carboxylic acids is 2. The van der Waals surface area contributed by atoms with Crippen molar-refractivity contribution in [1.29, 1.82) is 0 Å². The van der Waals surface area contributed by atoms with E-state index in [1.165, 1.54) is 0 Å². The number of ether oxygens (including phenoxy) is 1. The van der Waals surface area contributed by atoms with Crippen LogP contribution in [0.2, 0.25) is 0 Å². The lowest BCUT2D eigenvalue weighted by Gasteiger charge is -1.95. The van der Waals surface area contributed by atoms with E-state index in [9.17, 15) is 9.59 Å². The molecule has 90 valence electrons. The molecule has 0 aliphatic rings. The molecule has 0 aromatic carbocycles. The first-order valence-corrected chi connectivity index (χ1v) is 5.05. The molecule has 0 fully saturated rings. The van der Waals surface area contributed by atoms with E-state index in [1.54, 1.807) is 0 Å². The van der Waals surface area contributed by atoms with Crippen molar-refractivity contribution in [3.63, 3.8) is 0 Å². The summed E-state index contributed by atoms with van der Waals surface area (Å²) in [5.74, 6) is -2.15. The highest BCUT2D eigenvalue weighted by Gasteiger charge is 2.00. The molecule has 0 saturated heterocycles. The Hall–Kier alpha value is -1.10. The molecular weight excluding hydrogens is 200 g/mol. The quantitative estimate of drug-likeness (QED) is 0.639. The van der Waals surface area contributed by atoms with Gasteiger partial charge >= 0.3 is 11.9 Å². The molecule has 0 aliphatic carbocycles. The van der Waals surface area contributed by atoms with Gasteiger partial charge in [-0.15, -0.1) is 0 Å². The standard InChI is InChI=1S/C6H14O.C4H6O4/c1-3-5-7-6-4-2;5-3(6)1-2-4(7)8/h3-6H2,1-2H3;1-2H2,(H,5,6)(H,7,8). The fourth-order valence-corrected chi connectivity index (χ4v) is 0.605. The fourth-order valence-electron chi connectivity index (χ4n) is 0.605. The van der Waals surface area contributed by atoms with E-state index in [0.717, 1.165) is 26.1 Å². The summed E-state index contributed by atoms with van der Waals surface area (Å²) in [6.07, 6.45) is 1.69. The van der Waals surface area contributed by atoms with Crippen LogP contribution in [0.5, 0.6) is 0 Å². The second-order valence-electron chi connectivity index (χ2n) is 2.90. The van der Waals surface area contributed by atoms with E-state index >= 15 is 0 Å². The summed E-state index contributed by atoms with van der Waals surface area (Å²) in [4.78, 5) is 19.3. The fraction of sp³-hybridized carbons (Fsp3) is 0.800. The van der Waals surface area contributed by atoms with Crippen molar-refractivity contribution in [1.82, 2.24) is 0 Å². The number of hydrogen-bond donors (Lipinski definition) is 2. The largest absolute Gasteiger partial charge is 0.481 e. The molecule has 0 amide bonds. The summed E-state index contributed by atoms with van der Waals surface area (Å²) in [6.45, 7) is 6.09. The molecule has 0 atom stereocenters. The molecule has 5 nitrogen and oxygen atoms in total. The molecule has 0 spiro atoms. The van der Waals surface area contributed by atoms with Crippen molar-refractivity contribution in [2.75, 3.05) is 13.2 Å². The first kappa shape index (κ1) is 16.3. The molecule has 2 N–H and O–H groups in total. The number of carbonyl (C=O) groups is 2. The van der Waals surface area contributed by atoms with E-state index in [4.69, 9.17) is 14.9 Å². The Balaban J connectivity index is 0. The smallest absolute Gasteiger partial charge is 0.303 e. The van der Waals surface area contributed by atoms with Crippen LogP contribution in [0.1, 0.15) is 39.5 Å². The summed E-state index contributed by atoms with van der Waals surface area (Å²) in [5.41, 5.74) is 0. The average Bonchev–Trinajstić information content (AvgIpc) is 2.17. The topological polar surface area (TPSA) is 83.8 Å². The van der Waals surface area contributed by atoms with Gasteiger partial charge in [-0.2, -0.15) is 0 Å². The second kappa shape index (κ2) is 12.9. The van der Waals surface area contributed by atoms with Crippen molar-refractivity contribution in [3.05, 3.63) is 0 Å². The first-order chi connectivity index (χ1) is 7.04. The lowest BCUT2D eigenvalue weighted by Crippen LogP contribution is -2.00. The van der Waals surface area contributed by atoms with Gasteiger partial charge in [-0.05, 0) is 12.8 Å². The van der Waals surface area contributed by atoms with Crippen molar-refractivity contribution in [2.45, 2.75) is 39.5 Å². The van der Waals surface area contributed by atoms with Crippen LogP contribution in [0.15, 0.2) is 0 Å². The van der Waals surface area contributed by atoms with Crippen LogP contribution in [0, 0.1) is 0 Å². The molecule has 0 rings (SSSR count). The van der Waals surface area contributed by atoms with Gasteiger partial charge in [0.2, 0.25) is 0 Å². The lowest BCUT2D eigenvalue weighted by molar-refractivity contribution is -0.143. The molecule has 0 heterocycles. The highest BCUT2D eigenvalue weighted by molar-refractivity contribution is 5.75. The Kier molecular flexibility index (Phi) is 14.0. The minimum atomic E-state index is -1.08. The van der Waals surface area contributed by atoms with Crippen LogP contribution >= 0.6 is 0 Å². The number of carboxylic acid groups (broad SMARTS) is 2. The minimum Gasteiger partial charge on any atom is -0.481 e. The van der Waals surface area contributed by atoms with Gasteiger partial charge in [-0.25, -0.2) is 0 Å². The van der Waals surface area contributed by atoms with Crippen molar-refractivity contribution in [3.8, 4) is 0 Å². The molecule has 0 aliphatic heterocycles. The predicted octanol–water partition coefficient (Wildman–Crippen LogP) is 1.76. The Bertz CT molecular complexity index is 149. The van der Waals surface area contributed by atoms with Gasteiger partial charge in [0.1, 0.15) is 0 Å². The molecule has 0 aromatic heterocycles. The molecular formula is C10H20O5. The number of hydrogen-bond acceptors (Lipinski definition) is 3. The SMILES string of the molecule is CCCOCCC.O=C(O)CCC(=O)O. The summed E-state index contributed by atoms with van der Waals surface area (Å²) >= 11 is 0. The normalized spacial score (nSPS) is 8.93. The lowest BCUT2D eigenvalue weighted by atomic mass is 10.3. The van der Waals surface area contributed by atoms with Gasteiger partial charge in [0.25, 0.3) is 0 Å². The maximum Gasteiger partial charge on any atom is 0.303 e.